The number of nitrogens with one attached hydrogen (secondary N) is 1. The lowest BCUT2D eigenvalue weighted by atomic mass is 10.0. The molecule has 4 atom stereocenters. The fourth-order valence-corrected chi connectivity index (χ4v) is 5.14. The first-order chi connectivity index (χ1) is 12.1. The number of fused-ring (bicyclic) bond motifs is 2. The van der Waals surface area contributed by atoms with Crippen LogP contribution in [0.2, 0.25) is 5.28 Å². The SMILES string of the molecule is OC[C@@]12C[C@@H]1[C@@H](n1cnc3c(NC4CCCC4)nc(Cl)nc31)C[C@@H]2O. The number of halogens is 1. The minimum Gasteiger partial charge on any atom is -0.396 e. The Bertz CT molecular complexity index is 821. The highest BCUT2D eigenvalue weighted by atomic mass is 35.5. The summed E-state index contributed by atoms with van der Waals surface area (Å²) in [5, 5.41) is 23.7. The Morgan fingerprint density at radius 3 is 2.80 bits per heavy atom. The molecular weight excluding hydrogens is 342 g/mol. The van der Waals surface area contributed by atoms with E-state index in [4.69, 9.17) is 11.6 Å². The highest BCUT2D eigenvalue weighted by molar-refractivity contribution is 6.28. The predicted octanol–water partition coefficient (Wildman–Crippen LogP) is 2.14. The van der Waals surface area contributed by atoms with Gasteiger partial charge in [0.05, 0.1) is 19.0 Å². The summed E-state index contributed by atoms with van der Waals surface area (Å²) in [6.07, 6.45) is 7.51. The van der Waals surface area contributed by atoms with Crippen LogP contribution in [0.4, 0.5) is 5.82 Å². The van der Waals surface area contributed by atoms with Crippen LogP contribution in [0, 0.1) is 11.3 Å². The van der Waals surface area contributed by atoms with Gasteiger partial charge in [-0.25, -0.2) is 4.98 Å². The maximum Gasteiger partial charge on any atom is 0.226 e. The first-order valence-corrected chi connectivity index (χ1v) is 9.46. The van der Waals surface area contributed by atoms with Crippen LogP contribution in [-0.2, 0) is 0 Å². The Kier molecular flexibility index (Phi) is 3.49. The number of aliphatic hydroxyl groups excluding tert-OH is 2. The molecule has 3 aliphatic rings. The molecule has 0 radical (unpaired) electrons. The van der Waals surface area contributed by atoms with Crippen molar-refractivity contribution in [1.82, 2.24) is 19.5 Å². The van der Waals surface area contributed by atoms with Gasteiger partial charge in [0.1, 0.15) is 0 Å². The van der Waals surface area contributed by atoms with Crippen molar-refractivity contribution in [3.63, 3.8) is 0 Å². The van der Waals surface area contributed by atoms with Crippen molar-refractivity contribution in [2.45, 2.75) is 56.7 Å². The molecule has 2 heterocycles. The summed E-state index contributed by atoms with van der Waals surface area (Å²) in [6.45, 7) is 0.0339. The van der Waals surface area contributed by atoms with Crippen molar-refractivity contribution in [1.29, 1.82) is 0 Å². The van der Waals surface area contributed by atoms with Gasteiger partial charge >= 0.3 is 0 Å². The molecule has 3 N–H and O–H groups in total. The topological polar surface area (TPSA) is 96.1 Å². The van der Waals surface area contributed by atoms with E-state index >= 15 is 0 Å². The van der Waals surface area contributed by atoms with E-state index in [1.54, 1.807) is 6.33 Å². The van der Waals surface area contributed by atoms with E-state index in [0.717, 1.165) is 24.8 Å². The van der Waals surface area contributed by atoms with Crippen LogP contribution in [0.1, 0.15) is 44.6 Å². The summed E-state index contributed by atoms with van der Waals surface area (Å²) in [6, 6.07) is 0.510. The highest BCUT2D eigenvalue weighted by Crippen LogP contribution is 2.67. The van der Waals surface area contributed by atoms with Crippen molar-refractivity contribution in [2.75, 3.05) is 11.9 Å². The summed E-state index contributed by atoms with van der Waals surface area (Å²) >= 11 is 6.18. The standard InChI is InChI=1S/C17H22ClN5O2/c18-16-21-14(20-9-3-1-2-4-9)13-15(22-16)23(8-19-13)11-5-12(25)17(7-24)6-10(11)17/h8-12,24-25H,1-7H2,(H,20,21,22)/t10-,11+,12+,17+/m1/s1. The van der Waals surface area contributed by atoms with Gasteiger partial charge in [-0.15, -0.1) is 0 Å². The smallest absolute Gasteiger partial charge is 0.226 e. The fourth-order valence-electron chi connectivity index (χ4n) is 4.97. The number of aromatic nitrogens is 4. The molecule has 0 aliphatic heterocycles. The van der Waals surface area contributed by atoms with E-state index in [1.165, 1.54) is 12.8 Å². The molecule has 0 unspecified atom stereocenters. The lowest BCUT2D eigenvalue weighted by Gasteiger charge is -2.17. The predicted molar refractivity (Wildman–Crippen MR) is 93.5 cm³/mol. The summed E-state index contributed by atoms with van der Waals surface area (Å²) < 4.78 is 2.01. The van der Waals surface area contributed by atoms with Crippen LogP contribution in [0.3, 0.4) is 0 Å². The van der Waals surface area contributed by atoms with E-state index < -0.39 is 6.10 Å². The molecule has 3 aliphatic carbocycles. The third-order valence-electron chi connectivity index (χ3n) is 6.51. The van der Waals surface area contributed by atoms with Crippen molar-refractivity contribution < 1.29 is 10.2 Å². The van der Waals surface area contributed by atoms with Gasteiger partial charge in [0.25, 0.3) is 0 Å². The third kappa shape index (κ3) is 2.29. The van der Waals surface area contributed by atoms with Gasteiger partial charge in [-0.3, -0.25) is 0 Å². The summed E-state index contributed by atoms with van der Waals surface area (Å²) in [5.74, 6) is 0.966. The van der Waals surface area contributed by atoms with Gasteiger partial charge in [0, 0.05) is 17.5 Å². The molecule has 8 heteroatoms. The van der Waals surface area contributed by atoms with Gasteiger partial charge in [0.2, 0.25) is 5.28 Å². The number of anilines is 1. The van der Waals surface area contributed by atoms with Crippen molar-refractivity contribution in [3.05, 3.63) is 11.6 Å². The monoisotopic (exact) mass is 363 g/mol. The maximum absolute atomic E-state index is 10.4. The van der Waals surface area contributed by atoms with Crippen molar-refractivity contribution >= 4 is 28.6 Å². The Hall–Kier alpha value is -1.44. The minimum atomic E-state index is -0.474. The molecule has 0 saturated heterocycles. The van der Waals surface area contributed by atoms with E-state index in [2.05, 4.69) is 20.3 Å². The number of rotatable bonds is 4. The molecular formula is C17H22ClN5O2. The van der Waals surface area contributed by atoms with Crippen LogP contribution in [0.15, 0.2) is 6.33 Å². The normalized spacial score (nSPS) is 34.6. The van der Waals surface area contributed by atoms with E-state index in [-0.39, 0.29) is 29.3 Å². The summed E-state index contributed by atoms with van der Waals surface area (Å²) in [4.78, 5) is 13.3. The molecule has 25 heavy (non-hydrogen) atoms. The quantitative estimate of drug-likeness (QED) is 0.720. The molecule has 0 spiro atoms. The van der Waals surface area contributed by atoms with Crippen LogP contribution in [0.5, 0.6) is 0 Å². The molecule has 2 aromatic rings. The zero-order chi connectivity index (χ0) is 17.2. The molecule has 3 fully saturated rings. The number of imidazole rings is 1. The minimum absolute atomic E-state index is 0.0339. The second-order valence-corrected chi connectivity index (χ2v) is 8.15. The van der Waals surface area contributed by atoms with Crippen molar-refractivity contribution in [2.24, 2.45) is 11.3 Å². The van der Waals surface area contributed by atoms with E-state index in [0.29, 0.717) is 23.9 Å². The summed E-state index contributed by atoms with van der Waals surface area (Å²) in [5.41, 5.74) is 1.11. The Morgan fingerprint density at radius 2 is 2.12 bits per heavy atom. The first kappa shape index (κ1) is 15.8. The van der Waals surface area contributed by atoms with Gasteiger partial charge < -0.3 is 20.1 Å². The van der Waals surface area contributed by atoms with Gasteiger partial charge in [0.15, 0.2) is 17.0 Å². The van der Waals surface area contributed by atoms with Gasteiger partial charge in [-0.2, -0.15) is 9.97 Å². The number of nitrogens with zero attached hydrogens (tertiary/aromatic N) is 4. The van der Waals surface area contributed by atoms with Crippen LogP contribution >= 0.6 is 11.6 Å². The first-order valence-electron chi connectivity index (χ1n) is 9.08. The Labute approximate surface area is 150 Å². The second kappa shape index (κ2) is 5.53. The zero-order valence-electron chi connectivity index (χ0n) is 13.9. The molecule has 0 amide bonds. The molecule has 134 valence electrons. The number of aliphatic hydroxyl groups is 2. The average Bonchev–Trinajstić information content (AvgIpc) is 2.91. The van der Waals surface area contributed by atoms with Gasteiger partial charge in [-0.05, 0) is 43.2 Å². The molecule has 0 bridgehead atoms. The van der Waals surface area contributed by atoms with E-state index in [9.17, 15) is 10.2 Å². The van der Waals surface area contributed by atoms with Gasteiger partial charge in [-0.1, -0.05) is 12.8 Å². The second-order valence-electron chi connectivity index (χ2n) is 7.81. The Balaban J connectivity index is 1.52. The largest absolute Gasteiger partial charge is 0.396 e. The van der Waals surface area contributed by atoms with Crippen LogP contribution in [-0.4, -0.2) is 48.5 Å². The zero-order valence-corrected chi connectivity index (χ0v) is 14.7. The lowest BCUT2D eigenvalue weighted by molar-refractivity contribution is 0.0600. The summed E-state index contributed by atoms with van der Waals surface area (Å²) in [7, 11) is 0. The third-order valence-corrected chi connectivity index (χ3v) is 6.68. The number of hydrogen-bond acceptors (Lipinski definition) is 6. The number of hydrogen-bond donors (Lipinski definition) is 3. The molecule has 2 aromatic heterocycles. The van der Waals surface area contributed by atoms with Crippen LogP contribution in [0.25, 0.3) is 11.2 Å². The maximum atomic E-state index is 10.4. The molecule has 7 nitrogen and oxygen atoms in total. The molecule has 0 aromatic carbocycles. The van der Waals surface area contributed by atoms with E-state index in [1.807, 2.05) is 4.57 Å². The Morgan fingerprint density at radius 1 is 1.32 bits per heavy atom. The highest BCUT2D eigenvalue weighted by Gasteiger charge is 2.67. The molecule has 5 rings (SSSR count). The molecule has 3 saturated carbocycles. The lowest BCUT2D eigenvalue weighted by Crippen LogP contribution is -2.22. The van der Waals surface area contributed by atoms with Crippen molar-refractivity contribution in [3.8, 4) is 0 Å². The fraction of sp³-hybridized carbons (Fsp3) is 0.706. The average molecular weight is 364 g/mol. The van der Waals surface area contributed by atoms with Crippen LogP contribution < -0.4 is 5.32 Å².